The Bertz CT molecular complexity index is 802. The van der Waals surface area contributed by atoms with Gasteiger partial charge in [0.2, 0.25) is 0 Å². The van der Waals surface area contributed by atoms with Gasteiger partial charge in [-0.25, -0.2) is 0 Å². The van der Waals surface area contributed by atoms with Gasteiger partial charge < -0.3 is 9.88 Å². The summed E-state index contributed by atoms with van der Waals surface area (Å²) in [5.41, 5.74) is 5.49. The SMILES string of the molecule is CSc1ccc(-c2cccc3cc4n(c23)CCNCC4)cc1. The van der Waals surface area contributed by atoms with Gasteiger partial charge in [-0.3, -0.25) is 0 Å². The molecule has 0 saturated carbocycles. The van der Waals surface area contributed by atoms with Gasteiger partial charge in [-0.1, -0.05) is 30.3 Å². The molecule has 0 saturated heterocycles. The highest BCUT2D eigenvalue weighted by molar-refractivity contribution is 7.98. The molecule has 0 radical (unpaired) electrons. The quantitative estimate of drug-likeness (QED) is 0.715. The minimum atomic E-state index is 1.05. The van der Waals surface area contributed by atoms with E-state index in [-0.39, 0.29) is 0 Å². The maximum atomic E-state index is 3.50. The third-order valence-corrected chi connectivity index (χ3v) is 5.22. The lowest BCUT2D eigenvalue weighted by Gasteiger charge is -2.11. The molecule has 0 amide bonds. The molecular weight excluding hydrogens is 288 g/mol. The fourth-order valence-corrected chi connectivity index (χ4v) is 3.79. The zero-order valence-electron chi connectivity index (χ0n) is 12.8. The monoisotopic (exact) mass is 308 g/mol. The second-order valence-corrected chi connectivity index (χ2v) is 6.64. The molecule has 0 atom stereocenters. The summed E-state index contributed by atoms with van der Waals surface area (Å²) in [6.07, 6.45) is 3.23. The Hall–Kier alpha value is -1.71. The number of thioether (sulfide) groups is 1. The van der Waals surface area contributed by atoms with Crippen LogP contribution in [0.5, 0.6) is 0 Å². The fourth-order valence-electron chi connectivity index (χ4n) is 3.38. The van der Waals surface area contributed by atoms with Gasteiger partial charge in [0.05, 0.1) is 5.52 Å². The summed E-state index contributed by atoms with van der Waals surface area (Å²) in [7, 11) is 0. The van der Waals surface area contributed by atoms with E-state index in [9.17, 15) is 0 Å². The summed E-state index contributed by atoms with van der Waals surface area (Å²) in [6.45, 7) is 3.18. The molecule has 0 bridgehead atoms. The van der Waals surface area contributed by atoms with Crippen molar-refractivity contribution < 1.29 is 0 Å². The lowest BCUT2D eigenvalue weighted by atomic mass is 10.0. The van der Waals surface area contributed by atoms with E-state index in [1.165, 1.54) is 32.6 Å². The number of nitrogens with zero attached hydrogens (tertiary/aromatic N) is 1. The van der Waals surface area contributed by atoms with Gasteiger partial charge >= 0.3 is 0 Å². The Morgan fingerprint density at radius 2 is 1.91 bits per heavy atom. The standard InChI is InChI=1S/C19H20N2S/c1-22-17-7-5-14(6-8-17)18-4-2-3-15-13-16-9-10-20-11-12-21(16)19(15)18/h2-8,13,20H,9-12H2,1H3. The van der Waals surface area contributed by atoms with Crippen LogP contribution in [0.4, 0.5) is 0 Å². The summed E-state index contributed by atoms with van der Waals surface area (Å²) < 4.78 is 2.51. The van der Waals surface area contributed by atoms with E-state index in [1.54, 1.807) is 11.8 Å². The molecule has 0 spiro atoms. The fraction of sp³-hybridized carbons (Fsp3) is 0.263. The van der Waals surface area contributed by atoms with Gasteiger partial charge in [0, 0.05) is 47.6 Å². The van der Waals surface area contributed by atoms with Crippen LogP contribution in [-0.4, -0.2) is 23.9 Å². The maximum Gasteiger partial charge on any atom is 0.0562 e. The van der Waals surface area contributed by atoms with Gasteiger partial charge in [-0.05, 0) is 30.0 Å². The molecule has 2 nitrogen and oxygen atoms in total. The largest absolute Gasteiger partial charge is 0.343 e. The zero-order chi connectivity index (χ0) is 14.9. The van der Waals surface area contributed by atoms with E-state index >= 15 is 0 Å². The van der Waals surface area contributed by atoms with Crippen molar-refractivity contribution in [1.82, 2.24) is 9.88 Å². The molecule has 112 valence electrons. The van der Waals surface area contributed by atoms with Crippen LogP contribution in [0.1, 0.15) is 5.69 Å². The van der Waals surface area contributed by atoms with E-state index in [0.29, 0.717) is 0 Å². The molecule has 1 aliphatic rings. The molecule has 3 aromatic rings. The Labute approximate surface area is 135 Å². The molecule has 0 aliphatic carbocycles. The molecular formula is C19H20N2S. The van der Waals surface area contributed by atoms with Gasteiger partial charge in [-0.15, -0.1) is 11.8 Å². The molecule has 2 aromatic carbocycles. The van der Waals surface area contributed by atoms with Crippen molar-refractivity contribution >= 4 is 22.7 Å². The number of benzene rings is 2. The molecule has 22 heavy (non-hydrogen) atoms. The molecule has 0 unspecified atom stereocenters. The number of aromatic nitrogens is 1. The average Bonchev–Trinajstić information content (AvgIpc) is 2.76. The Balaban J connectivity index is 1.91. The first kappa shape index (κ1) is 13.9. The van der Waals surface area contributed by atoms with Gasteiger partial charge in [-0.2, -0.15) is 0 Å². The molecule has 4 rings (SSSR count). The van der Waals surface area contributed by atoms with Crippen LogP contribution in [-0.2, 0) is 13.0 Å². The number of nitrogens with one attached hydrogen (secondary N) is 1. The predicted molar refractivity (Wildman–Crippen MR) is 95.7 cm³/mol. The summed E-state index contributed by atoms with van der Waals surface area (Å²) in [4.78, 5) is 1.31. The van der Waals surface area contributed by atoms with E-state index in [2.05, 4.69) is 64.7 Å². The number of hydrogen-bond acceptors (Lipinski definition) is 2. The van der Waals surface area contributed by atoms with E-state index in [0.717, 1.165) is 26.1 Å². The highest BCUT2D eigenvalue weighted by Crippen LogP contribution is 2.32. The molecule has 0 fully saturated rings. The molecule has 2 heterocycles. The number of hydrogen-bond donors (Lipinski definition) is 1. The Kier molecular flexibility index (Phi) is 3.68. The predicted octanol–water partition coefficient (Wildman–Crippen LogP) is 4.18. The minimum absolute atomic E-state index is 1.05. The summed E-state index contributed by atoms with van der Waals surface area (Å²) in [5, 5.41) is 4.86. The van der Waals surface area contributed by atoms with E-state index in [4.69, 9.17) is 0 Å². The van der Waals surface area contributed by atoms with Crippen LogP contribution in [0.3, 0.4) is 0 Å². The van der Waals surface area contributed by atoms with Crippen molar-refractivity contribution in [3.8, 4) is 11.1 Å². The van der Waals surface area contributed by atoms with Crippen molar-refractivity contribution in [1.29, 1.82) is 0 Å². The van der Waals surface area contributed by atoms with Crippen molar-refractivity contribution in [2.45, 2.75) is 17.9 Å². The minimum Gasteiger partial charge on any atom is -0.343 e. The molecule has 1 aromatic heterocycles. The van der Waals surface area contributed by atoms with E-state index < -0.39 is 0 Å². The highest BCUT2D eigenvalue weighted by atomic mass is 32.2. The van der Waals surface area contributed by atoms with Crippen molar-refractivity contribution in [3.63, 3.8) is 0 Å². The summed E-state index contributed by atoms with van der Waals surface area (Å²) in [6, 6.07) is 18.0. The summed E-state index contributed by atoms with van der Waals surface area (Å²) >= 11 is 1.79. The Morgan fingerprint density at radius 1 is 1.05 bits per heavy atom. The Morgan fingerprint density at radius 3 is 2.73 bits per heavy atom. The average molecular weight is 308 g/mol. The first-order valence-electron chi connectivity index (χ1n) is 7.83. The lowest BCUT2D eigenvalue weighted by molar-refractivity contribution is 0.658. The topological polar surface area (TPSA) is 17.0 Å². The number of fused-ring (bicyclic) bond motifs is 3. The highest BCUT2D eigenvalue weighted by Gasteiger charge is 2.14. The van der Waals surface area contributed by atoms with Gasteiger partial charge in [0.15, 0.2) is 0 Å². The first-order valence-corrected chi connectivity index (χ1v) is 9.05. The van der Waals surface area contributed by atoms with E-state index in [1.807, 2.05) is 0 Å². The smallest absolute Gasteiger partial charge is 0.0562 e. The molecule has 1 N–H and O–H groups in total. The van der Waals surface area contributed by atoms with Crippen LogP contribution in [0.2, 0.25) is 0 Å². The number of para-hydroxylation sites is 1. The van der Waals surface area contributed by atoms with Gasteiger partial charge in [0.1, 0.15) is 0 Å². The lowest BCUT2D eigenvalue weighted by Crippen LogP contribution is -2.17. The third kappa shape index (κ3) is 2.34. The molecule has 3 heteroatoms. The second-order valence-electron chi connectivity index (χ2n) is 5.76. The maximum absolute atomic E-state index is 3.50. The van der Waals surface area contributed by atoms with Crippen LogP contribution in [0, 0.1) is 0 Å². The third-order valence-electron chi connectivity index (χ3n) is 4.48. The second kappa shape index (κ2) is 5.82. The molecule has 1 aliphatic heterocycles. The summed E-state index contributed by atoms with van der Waals surface area (Å²) in [5.74, 6) is 0. The number of rotatable bonds is 2. The van der Waals surface area contributed by atoms with Crippen LogP contribution in [0.25, 0.3) is 22.0 Å². The normalized spacial score (nSPS) is 14.8. The van der Waals surface area contributed by atoms with Crippen molar-refractivity contribution in [2.24, 2.45) is 0 Å². The zero-order valence-corrected chi connectivity index (χ0v) is 13.6. The van der Waals surface area contributed by atoms with Crippen LogP contribution < -0.4 is 5.32 Å². The van der Waals surface area contributed by atoms with Crippen molar-refractivity contribution in [2.75, 3.05) is 19.3 Å². The van der Waals surface area contributed by atoms with Crippen molar-refractivity contribution in [3.05, 3.63) is 54.2 Å². The van der Waals surface area contributed by atoms with Crippen LogP contribution in [0.15, 0.2) is 53.4 Å². The first-order chi connectivity index (χ1) is 10.9. The van der Waals surface area contributed by atoms with Crippen LogP contribution >= 0.6 is 11.8 Å². The van der Waals surface area contributed by atoms with Gasteiger partial charge in [0.25, 0.3) is 0 Å².